The fraction of sp³-hybridized carbons (Fsp3) is 0.353. The number of aryl methyl sites for hydroxylation is 2. The van der Waals surface area contributed by atoms with Crippen molar-refractivity contribution in [3.8, 4) is 5.82 Å². The van der Waals surface area contributed by atoms with Gasteiger partial charge in [-0.2, -0.15) is 0 Å². The van der Waals surface area contributed by atoms with Crippen molar-refractivity contribution in [2.75, 3.05) is 6.61 Å². The van der Waals surface area contributed by atoms with Crippen LogP contribution in [0.2, 0.25) is 0 Å². The molecule has 23 heavy (non-hydrogen) atoms. The number of ether oxygens (including phenoxy) is 1. The minimum Gasteiger partial charge on any atom is -0.454 e. The summed E-state index contributed by atoms with van der Waals surface area (Å²) in [6, 6.07) is 3.56. The minimum absolute atomic E-state index is 0.250. The van der Waals surface area contributed by atoms with Crippen LogP contribution in [0.3, 0.4) is 0 Å². The van der Waals surface area contributed by atoms with Gasteiger partial charge in [-0.25, -0.2) is 4.79 Å². The summed E-state index contributed by atoms with van der Waals surface area (Å²) in [6.07, 6.45) is 1.36. The van der Waals surface area contributed by atoms with Crippen LogP contribution >= 0.6 is 0 Å². The maximum atomic E-state index is 12.3. The van der Waals surface area contributed by atoms with Crippen molar-refractivity contribution in [1.29, 1.82) is 0 Å². The Morgan fingerprint density at radius 1 is 1.26 bits per heavy atom. The van der Waals surface area contributed by atoms with Gasteiger partial charge in [0.1, 0.15) is 5.76 Å². The Bertz CT molecular complexity index is 777. The molecule has 122 valence electrons. The second kappa shape index (κ2) is 6.64. The van der Waals surface area contributed by atoms with Gasteiger partial charge in [0.2, 0.25) is 5.78 Å². The van der Waals surface area contributed by atoms with Crippen LogP contribution in [0.15, 0.2) is 28.3 Å². The van der Waals surface area contributed by atoms with Gasteiger partial charge in [-0.15, -0.1) is 0 Å². The molecule has 6 heteroatoms. The first-order valence-corrected chi connectivity index (χ1v) is 7.27. The maximum Gasteiger partial charge on any atom is 0.331 e. The van der Waals surface area contributed by atoms with Crippen molar-refractivity contribution in [3.05, 3.63) is 46.5 Å². The summed E-state index contributed by atoms with van der Waals surface area (Å²) in [5.41, 5.74) is 2.92. The molecule has 0 aliphatic rings. The molecule has 0 atom stereocenters. The van der Waals surface area contributed by atoms with Crippen LogP contribution in [0, 0.1) is 20.8 Å². The van der Waals surface area contributed by atoms with Gasteiger partial charge in [0.25, 0.3) is 0 Å². The zero-order valence-corrected chi connectivity index (χ0v) is 14.0. The number of hydrogen-bond acceptors (Lipinski definition) is 5. The van der Waals surface area contributed by atoms with E-state index in [1.54, 1.807) is 32.9 Å². The molecular formula is C17H20N2O4. The minimum atomic E-state index is -0.515. The molecule has 0 bridgehead atoms. The van der Waals surface area contributed by atoms with E-state index in [9.17, 15) is 9.59 Å². The number of nitrogens with zero attached hydrogens (tertiary/aromatic N) is 2. The molecular weight excluding hydrogens is 296 g/mol. The van der Waals surface area contributed by atoms with E-state index in [0.717, 1.165) is 17.0 Å². The van der Waals surface area contributed by atoms with E-state index in [4.69, 9.17) is 9.26 Å². The van der Waals surface area contributed by atoms with Gasteiger partial charge in [-0.05, 0) is 40.7 Å². The van der Waals surface area contributed by atoms with Gasteiger partial charge in [-0.1, -0.05) is 10.7 Å². The van der Waals surface area contributed by atoms with Crippen LogP contribution in [-0.2, 0) is 9.53 Å². The number of carbonyl (C=O) groups excluding carboxylic acids is 2. The molecule has 0 unspecified atom stereocenters. The zero-order valence-electron chi connectivity index (χ0n) is 14.0. The molecule has 0 N–H and O–H groups in total. The Hall–Kier alpha value is -2.63. The van der Waals surface area contributed by atoms with Gasteiger partial charge in [-0.3, -0.25) is 9.36 Å². The molecule has 0 aliphatic heterocycles. The van der Waals surface area contributed by atoms with Crippen LogP contribution < -0.4 is 0 Å². The van der Waals surface area contributed by atoms with Crippen molar-refractivity contribution in [2.24, 2.45) is 0 Å². The van der Waals surface area contributed by atoms with Crippen molar-refractivity contribution < 1.29 is 18.8 Å². The number of carbonyl (C=O) groups is 2. The first-order valence-electron chi connectivity index (χ1n) is 7.27. The summed E-state index contributed by atoms with van der Waals surface area (Å²) in [4.78, 5) is 23.8. The van der Waals surface area contributed by atoms with E-state index in [1.165, 1.54) is 6.08 Å². The van der Waals surface area contributed by atoms with Crippen molar-refractivity contribution in [1.82, 2.24) is 9.72 Å². The Labute approximate surface area is 134 Å². The van der Waals surface area contributed by atoms with E-state index in [2.05, 4.69) is 5.16 Å². The summed E-state index contributed by atoms with van der Waals surface area (Å²) in [7, 11) is 0. The second-order valence-electron chi connectivity index (χ2n) is 5.67. The summed E-state index contributed by atoms with van der Waals surface area (Å²) in [5, 5.41) is 3.97. The van der Waals surface area contributed by atoms with E-state index in [1.807, 2.05) is 18.4 Å². The highest BCUT2D eigenvalue weighted by Gasteiger charge is 2.19. The molecule has 0 fully saturated rings. The molecule has 0 spiro atoms. The molecule has 0 aliphatic carbocycles. The summed E-state index contributed by atoms with van der Waals surface area (Å²) in [6.45, 7) is 8.79. The van der Waals surface area contributed by atoms with Crippen molar-refractivity contribution in [3.63, 3.8) is 0 Å². The summed E-state index contributed by atoms with van der Waals surface area (Å²) >= 11 is 0. The normalized spacial score (nSPS) is 10.5. The highest BCUT2D eigenvalue weighted by atomic mass is 16.5. The van der Waals surface area contributed by atoms with Gasteiger partial charge in [0, 0.05) is 29.1 Å². The average Bonchev–Trinajstić information content (AvgIpc) is 2.99. The Morgan fingerprint density at radius 2 is 1.96 bits per heavy atom. The fourth-order valence-electron chi connectivity index (χ4n) is 2.35. The first kappa shape index (κ1) is 16.7. The third-order valence-electron chi connectivity index (χ3n) is 3.33. The number of allylic oxidation sites excluding steroid dienone is 1. The third kappa shape index (κ3) is 3.77. The lowest BCUT2D eigenvalue weighted by Gasteiger charge is -2.05. The highest BCUT2D eigenvalue weighted by molar-refractivity contribution is 6.00. The third-order valence-corrected chi connectivity index (χ3v) is 3.33. The lowest BCUT2D eigenvalue weighted by atomic mass is 10.1. The van der Waals surface area contributed by atoms with E-state index < -0.39 is 5.97 Å². The predicted molar refractivity (Wildman–Crippen MR) is 84.8 cm³/mol. The van der Waals surface area contributed by atoms with E-state index >= 15 is 0 Å². The van der Waals surface area contributed by atoms with Crippen LogP contribution in [0.4, 0.5) is 0 Å². The first-order chi connectivity index (χ1) is 10.8. The summed E-state index contributed by atoms with van der Waals surface area (Å²) in [5.74, 6) is 0.550. The predicted octanol–water partition coefficient (Wildman–Crippen LogP) is 3.08. The molecule has 0 saturated heterocycles. The maximum absolute atomic E-state index is 12.3. The number of esters is 1. The second-order valence-corrected chi connectivity index (χ2v) is 5.67. The Morgan fingerprint density at radius 3 is 2.52 bits per heavy atom. The lowest BCUT2D eigenvalue weighted by molar-refractivity contribution is -0.136. The smallest absolute Gasteiger partial charge is 0.331 e. The van der Waals surface area contributed by atoms with Crippen LogP contribution in [-0.4, -0.2) is 28.1 Å². The molecule has 6 nitrogen and oxygen atoms in total. The number of rotatable bonds is 5. The Kier molecular flexibility index (Phi) is 4.83. The van der Waals surface area contributed by atoms with Crippen LogP contribution in [0.5, 0.6) is 0 Å². The molecule has 2 aromatic heterocycles. The van der Waals surface area contributed by atoms with E-state index in [-0.39, 0.29) is 12.4 Å². The molecule has 2 aromatic rings. The SMILES string of the molecule is CC(C)=CC(=O)OCC(=O)c1cc(C)n(-c2cc(C)on2)c1C. The molecule has 0 saturated carbocycles. The quantitative estimate of drug-likeness (QED) is 0.481. The van der Waals surface area contributed by atoms with Crippen LogP contribution in [0.1, 0.15) is 41.4 Å². The molecule has 2 rings (SSSR count). The van der Waals surface area contributed by atoms with Crippen molar-refractivity contribution in [2.45, 2.75) is 34.6 Å². The van der Waals surface area contributed by atoms with Gasteiger partial charge in [0.15, 0.2) is 12.4 Å². The molecule has 0 amide bonds. The molecule has 2 heterocycles. The zero-order chi connectivity index (χ0) is 17.1. The van der Waals surface area contributed by atoms with Gasteiger partial charge < -0.3 is 9.26 Å². The number of ketones is 1. The standard InChI is InChI=1S/C17H20N2O4/c1-10(2)6-17(21)22-9-15(20)14-7-11(3)19(13(14)5)16-8-12(4)23-18-16/h6-8H,9H2,1-5H3. The van der Waals surface area contributed by atoms with Gasteiger partial charge in [0.05, 0.1) is 0 Å². The number of Topliss-reactive ketones (excluding diaryl/α,β-unsaturated/α-hetero) is 1. The van der Waals surface area contributed by atoms with E-state index in [0.29, 0.717) is 17.1 Å². The lowest BCUT2D eigenvalue weighted by Crippen LogP contribution is -2.13. The highest BCUT2D eigenvalue weighted by Crippen LogP contribution is 2.21. The van der Waals surface area contributed by atoms with Gasteiger partial charge >= 0.3 is 5.97 Å². The van der Waals surface area contributed by atoms with Crippen LogP contribution in [0.25, 0.3) is 5.82 Å². The topological polar surface area (TPSA) is 74.3 Å². The van der Waals surface area contributed by atoms with Crippen molar-refractivity contribution >= 4 is 11.8 Å². The molecule has 0 aromatic carbocycles. The largest absolute Gasteiger partial charge is 0.454 e. The molecule has 0 radical (unpaired) electrons. The number of aromatic nitrogens is 2. The summed E-state index contributed by atoms with van der Waals surface area (Å²) < 4.78 is 11.9. The average molecular weight is 316 g/mol. The Balaban J connectivity index is 2.19. The number of hydrogen-bond donors (Lipinski definition) is 0. The monoisotopic (exact) mass is 316 g/mol. The fourth-order valence-corrected chi connectivity index (χ4v) is 2.35.